The smallest absolute Gasteiger partial charge is 0.374 e. The van der Waals surface area contributed by atoms with Gasteiger partial charge in [0.05, 0.1) is 19.3 Å². The summed E-state index contributed by atoms with van der Waals surface area (Å²) >= 11 is 0. The Morgan fingerprint density at radius 1 is 1.43 bits per heavy atom. The number of aliphatic hydroxyl groups is 1. The maximum atomic E-state index is 11.5. The van der Waals surface area contributed by atoms with Crippen LogP contribution in [0.3, 0.4) is 0 Å². The minimum Gasteiger partial charge on any atom is -0.460 e. The van der Waals surface area contributed by atoms with E-state index in [1.807, 2.05) is 7.05 Å². The van der Waals surface area contributed by atoms with Gasteiger partial charge in [-0.15, -0.1) is 0 Å². The molecule has 1 fully saturated rings. The lowest BCUT2D eigenvalue weighted by Gasteiger charge is -2.30. The zero-order valence-corrected chi connectivity index (χ0v) is 12.9. The molecule has 2 unspecified atom stereocenters. The highest BCUT2D eigenvalue weighted by Crippen LogP contribution is 2.25. The number of carbonyl (C=O) groups excluding carboxylic acids is 1. The third-order valence-electron chi connectivity index (χ3n) is 3.98. The molecule has 118 valence electrons. The van der Waals surface area contributed by atoms with Crippen molar-refractivity contribution in [2.75, 3.05) is 20.2 Å². The SMILES string of the molecule is CCOC(=O)c1ccc(CN(C)CC2CCCCC2O)o1. The minimum atomic E-state index is -0.422. The van der Waals surface area contributed by atoms with Crippen LogP contribution in [0.2, 0.25) is 0 Å². The normalized spacial score (nSPS) is 22.5. The first-order valence-electron chi connectivity index (χ1n) is 7.72. The van der Waals surface area contributed by atoms with Gasteiger partial charge in [-0.1, -0.05) is 12.8 Å². The summed E-state index contributed by atoms with van der Waals surface area (Å²) in [6, 6.07) is 3.46. The molecule has 1 aromatic heterocycles. The van der Waals surface area contributed by atoms with Crippen molar-refractivity contribution in [3.8, 4) is 0 Å². The Morgan fingerprint density at radius 2 is 2.19 bits per heavy atom. The molecule has 0 aromatic carbocycles. The summed E-state index contributed by atoms with van der Waals surface area (Å²) in [7, 11) is 2.01. The first kappa shape index (κ1) is 16.0. The van der Waals surface area contributed by atoms with E-state index in [-0.39, 0.29) is 11.9 Å². The third kappa shape index (κ3) is 4.58. The van der Waals surface area contributed by atoms with Gasteiger partial charge in [0, 0.05) is 6.54 Å². The molecule has 1 aromatic rings. The highest BCUT2D eigenvalue weighted by molar-refractivity contribution is 5.86. The number of ether oxygens (including phenoxy) is 1. The lowest BCUT2D eigenvalue weighted by molar-refractivity contribution is 0.0467. The predicted molar refractivity (Wildman–Crippen MR) is 79.0 cm³/mol. The van der Waals surface area contributed by atoms with Crippen molar-refractivity contribution in [1.29, 1.82) is 0 Å². The second kappa shape index (κ2) is 7.61. The summed E-state index contributed by atoms with van der Waals surface area (Å²) in [6.45, 7) is 3.58. The van der Waals surface area contributed by atoms with Gasteiger partial charge in [-0.2, -0.15) is 0 Å². The molecule has 0 spiro atoms. The van der Waals surface area contributed by atoms with Gasteiger partial charge in [-0.05, 0) is 44.9 Å². The van der Waals surface area contributed by atoms with E-state index in [0.717, 1.165) is 31.6 Å². The summed E-state index contributed by atoms with van der Waals surface area (Å²) in [5.74, 6) is 0.904. The molecule has 1 aliphatic carbocycles. The Bertz CT molecular complexity index is 457. The number of nitrogens with zero attached hydrogens (tertiary/aromatic N) is 1. The molecule has 0 bridgehead atoms. The van der Waals surface area contributed by atoms with Crippen LogP contribution in [-0.2, 0) is 11.3 Å². The Balaban J connectivity index is 1.84. The molecule has 5 nitrogen and oxygen atoms in total. The van der Waals surface area contributed by atoms with Crippen LogP contribution in [-0.4, -0.2) is 42.3 Å². The van der Waals surface area contributed by atoms with Crippen molar-refractivity contribution in [3.05, 3.63) is 23.7 Å². The topological polar surface area (TPSA) is 62.9 Å². The number of hydrogen-bond acceptors (Lipinski definition) is 5. The van der Waals surface area contributed by atoms with Gasteiger partial charge in [-0.3, -0.25) is 4.90 Å². The van der Waals surface area contributed by atoms with E-state index in [2.05, 4.69) is 4.90 Å². The predicted octanol–water partition coefficient (Wildman–Crippen LogP) is 2.44. The summed E-state index contributed by atoms with van der Waals surface area (Å²) < 4.78 is 10.4. The Kier molecular flexibility index (Phi) is 5.82. The van der Waals surface area contributed by atoms with E-state index in [0.29, 0.717) is 19.1 Å². The molecule has 0 radical (unpaired) electrons. The molecule has 1 heterocycles. The van der Waals surface area contributed by atoms with Crippen molar-refractivity contribution in [3.63, 3.8) is 0 Å². The fraction of sp³-hybridized carbons (Fsp3) is 0.688. The van der Waals surface area contributed by atoms with Crippen LogP contribution in [0, 0.1) is 5.92 Å². The highest BCUT2D eigenvalue weighted by atomic mass is 16.5. The molecule has 5 heteroatoms. The first-order chi connectivity index (χ1) is 10.1. The van der Waals surface area contributed by atoms with Gasteiger partial charge in [0.25, 0.3) is 0 Å². The molecular formula is C16H25NO4. The van der Waals surface area contributed by atoms with Crippen LogP contribution in [0.15, 0.2) is 16.5 Å². The van der Waals surface area contributed by atoms with E-state index >= 15 is 0 Å². The third-order valence-corrected chi connectivity index (χ3v) is 3.98. The zero-order valence-electron chi connectivity index (χ0n) is 12.9. The maximum Gasteiger partial charge on any atom is 0.374 e. The van der Waals surface area contributed by atoms with Crippen molar-refractivity contribution in [2.24, 2.45) is 5.92 Å². The number of rotatable bonds is 6. The fourth-order valence-corrected chi connectivity index (χ4v) is 2.91. The Hall–Kier alpha value is -1.33. The maximum absolute atomic E-state index is 11.5. The largest absolute Gasteiger partial charge is 0.460 e. The van der Waals surface area contributed by atoms with Crippen LogP contribution in [0.1, 0.15) is 48.9 Å². The second-order valence-corrected chi connectivity index (χ2v) is 5.80. The van der Waals surface area contributed by atoms with Crippen LogP contribution in [0.5, 0.6) is 0 Å². The van der Waals surface area contributed by atoms with E-state index in [9.17, 15) is 9.90 Å². The number of aliphatic hydroxyl groups excluding tert-OH is 1. The van der Waals surface area contributed by atoms with Crippen LogP contribution in [0.4, 0.5) is 0 Å². The summed E-state index contributed by atoms with van der Waals surface area (Å²) in [5.41, 5.74) is 0. The van der Waals surface area contributed by atoms with E-state index in [1.54, 1.807) is 19.1 Å². The van der Waals surface area contributed by atoms with Crippen molar-refractivity contribution in [2.45, 2.75) is 45.3 Å². The first-order valence-corrected chi connectivity index (χ1v) is 7.72. The minimum absolute atomic E-state index is 0.187. The van der Waals surface area contributed by atoms with Gasteiger partial charge >= 0.3 is 5.97 Å². The summed E-state index contributed by atoms with van der Waals surface area (Å²) in [4.78, 5) is 13.7. The molecular weight excluding hydrogens is 270 g/mol. The molecule has 1 aliphatic rings. The standard InChI is InChI=1S/C16H25NO4/c1-3-20-16(19)15-9-8-13(21-15)11-17(2)10-12-6-4-5-7-14(12)18/h8-9,12,14,18H,3-7,10-11H2,1-2H3. The van der Waals surface area contributed by atoms with Gasteiger partial charge in [0.1, 0.15) is 5.76 Å². The van der Waals surface area contributed by atoms with E-state index < -0.39 is 5.97 Å². The average molecular weight is 295 g/mol. The lowest BCUT2D eigenvalue weighted by atomic mass is 9.86. The van der Waals surface area contributed by atoms with E-state index in [4.69, 9.17) is 9.15 Å². The number of hydrogen-bond donors (Lipinski definition) is 1. The molecule has 0 amide bonds. The molecule has 2 rings (SSSR count). The Morgan fingerprint density at radius 3 is 2.90 bits per heavy atom. The van der Waals surface area contributed by atoms with Crippen LogP contribution < -0.4 is 0 Å². The molecule has 2 atom stereocenters. The van der Waals surface area contributed by atoms with Crippen LogP contribution >= 0.6 is 0 Å². The quantitative estimate of drug-likeness (QED) is 0.817. The van der Waals surface area contributed by atoms with Gasteiger partial charge in [0.15, 0.2) is 0 Å². The number of furan rings is 1. The second-order valence-electron chi connectivity index (χ2n) is 5.80. The Labute approximate surface area is 125 Å². The molecule has 1 saturated carbocycles. The number of carbonyl (C=O) groups is 1. The number of esters is 1. The van der Waals surface area contributed by atoms with Gasteiger partial charge in [0.2, 0.25) is 5.76 Å². The highest BCUT2D eigenvalue weighted by Gasteiger charge is 2.24. The zero-order chi connectivity index (χ0) is 15.2. The van der Waals surface area contributed by atoms with Crippen molar-refractivity contribution < 1.29 is 19.1 Å². The van der Waals surface area contributed by atoms with Crippen molar-refractivity contribution >= 4 is 5.97 Å². The fourth-order valence-electron chi connectivity index (χ4n) is 2.91. The summed E-state index contributed by atoms with van der Waals surface area (Å²) in [6.07, 6.45) is 4.13. The summed E-state index contributed by atoms with van der Waals surface area (Å²) in [5, 5.41) is 10.0. The van der Waals surface area contributed by atoms with Gasteiger partial charge in [-0.25, -0.2) is 4.79 Å². The van der Waals surface area contributed by atoms with Crippen molar-refractivity contribution in [1.82, 2.24) is 4.90 Å². The molecule has 21 heavy (non-hydrogen) atoms. The monoisotopic (exact) mass is 295 g/mol. The van der Waals surface area contributed by atoms with Crippen LogP contribution in [0.25, 0.3) is 0 Å². The molecule has 1 N–H and O–H groups in total. The average Bonchev–Trinajstić information content (AvgIpc) is 2.90. The lowest BCUT2D eigenvalue weighted by Crippen LogP contribution is -2.34. The van der Waals surface area contributed by atoms with Gasteiger partial charge < -0.3 is 14.3 Å². The van der Waals surface area contributed by atoms with E-state index in [1.165, 1.54) is 6.42 Å². The molecule has 0 aliphatic heterocycles. The molecule has 0 saturated heterocycles.